The third-order valence-electron chi connectivity index (χ3n) is 1.78. The Kier molecular flexibility index (Phi) is 3.39. The maximum absolute atomic E-state index is 13.5. The molecular weight excluding hydrogens is 227 g/mol. The standard InChI is InChI=1S/C9H8ClFO2S/c1-4-3-5(9(12)13)7(11)8(14-2)6(4)10/h3H,1-2H3,(H,12,13). The number of benzene rings is 1. The minimum Gasteiger partial charge on any atom is -0.478 e. The minimum atomic E-state index is -1.28. The van der Waals surface area contributed by atoms with E-state index in [0.717, 1.165) is 11.8 Å². The summed E-state index contributed by atoms with van der Waals surface area (Å²) in [6.07, 6.45) is 1.65. The molecule has 0 spiro atoms. The van der Waals surface area contributed by atoms with Crippen LogP contribution in [0.15, 0.2) is 11.0 Å². The Morgan fingerprint density at radius 3 is 2.64 bits per heavy atom. The van der Waals surface area contributed by atoms with Crippen LogP contribution in [0, 0.1) is 12.7 Å². The second kappa shape index (κ2) is 4.19. The molecule has 0 bridgehead atoms. The monoisotopic (exact) mass is 234 g/mol. The first-order chi connectivity index (χ1) is 6.49. The first-order valence-corrected chi connectivity index (χ1v) is 5.35. The van der Waals surface area contributed by atoms with Gasteiger partial charge in [0.05, 0.1) is 15.5 Å². The van der Waals surface area contributed by atoms with Crippen LogP contribution in [-0.4, -0.2) is 17.3 Å². The van der Waals surface area contributed by atoms with Crippen LogP contribution in [0.3, 0.4) is 0 Å². The molecule has 0 aliphatic rings. The summed E-state index contributed by atoms with van der Waals surface area (Å²) in [7, 11) is 0. The molecule has 1 aromatic carbocycles. The maximum atomic E-state index is 13.5. The number of halogens is 2. The topological polar surface area (TPSA) is 37.3 Å². The van der Waals surface area contributed by atoms with E-state index in [9.17, 15) is 9.18 Å². The molecule has 0 aromatic heterocycles. The second-order valence-corrected chi connectivity index (χ2v) is 3.90. The number of thioether (sulfide) groups is 1. The lowest BCUT2D eigenvalue weighted by Crippen LogP contribution is -2.03. The first-order valence-electron chi connectivity index (χ1n) is 3.75. The third kappa shape index (κ3) is 1.86. The van der Waals surface area contributed by atoms with E-state index in [1.165, 1.54) is 6.07 Å². The number of hydrogen-bond donors (Lipinski definition) is 1. The predicted octanol–water partition coefficient (Wildman–Crippen LogP) is 3.21. The van der Waals surface area contributed by atoms with Crippen LogP contribution in [0.1, 0.15) is 15.9 Å². The van der Waals surface area contributed by atoms with E-state index >= 15 is 0 Å². The number of aromatic carboxylic acids is 1. The summed E-state index contributed by atoms with van der Waals surface area (Å²) in [5.41, 5.74) is 0.228. The van der Waals surface area contributed by atoms with E-state index in [1.54, 1.807) is 13.2 Å². The molecule has 0 radical (unpaired) electrons. The largest absolute Gasteiger partial charge is 0.478 e. The van der Waals surface area contributed by atoms with Crippen molar-refractivity contribution in [2.75, 3.05) is 6.26 Å². The van der Waals surface area contributed by atoms with Crippen molar-refractivity contribution < 1.29 is 14.3 Å². The highest BCUT2D eigenvalue weighted by Crippen LogP contribution is 2.33. The highest BCUT2D eigenvalue weighted by Gasteiger charge is 2.18. The molecule has 0 heterocycles. The molecule has 2 nitrogen and oxygen atoms in total. The lowest BCUT2D eigenvalue weighted by molar-refractivity contribution is 0.0691. The van der Waals surface area contributed by atoms with Gasteiger partial charge in [-0.3, -0.25) is 0 Å². The van der Waals surface area contributed by atoms with Crippen molar-refractivity contribution in [3.63, 3.8) is 0 Å². The highest BCUT2D eigenvalue weighted by molar-refractivity contribution is 7.98. The van der Waals surface area contributed by atoms with Gasteiger partial charge in [0.25, 0.3) is 0 Å². The number of aryl methyl sites for hydroxylation is 1. The van der Waals surface area contributed by atoms with Crippen molar-refractivity contribution in [3.05, 3.63) is 28.0 Å². The number of carboxylic acid groups (broad SMARTS) is 1. The zero-order chi connectivity index (χ0) is 10.9. The van der Waals surface area contributed by atoms with Gasteiger partial charge in [0.15, 0.2) is 5.82 Å². The average Bonchev–Trinajstić information content (AvgIpc) is 2.12. The van der Waals surface area contributed by atoms with Crippen LogP contribution >= 0.6 is 23.4 Å². The van der Waals surface area contributed by atoms with Gasteiger partial charge in [-0.2, -0.15) is 0 Å². The van der Waals surface area contributed by atoms with Gasteiger partial charge in [-0.25, -0.2) is 9.18 Å². The van der Waals surface area contributed by atoms with Gasteiger partial charge in [0.2, 0.25) is 0 Å². The number of carboxylic acids is 1. The van der Waals surface area contributed by atoms with E-state index in [0.29, 0.717) is 5.56 Å². The van der Waals surface area contributed by atoms with E-state index in [2.05, 4.69) is 0 Å². The van der Waals surface area contributed by atoms with Crippen molar-refractivity contribution in [1.29, 1.82) is 0 Å². The quantitative estimate of drug-likeness (QED) is 0.799. The smallest absolute Gasteiger partial charge is 0.338 e. The summed E-state index contributed by atoms with van der Waals surface area (Å²) in [6, 6.07) is 1.24. The summed E-state index contributed by atoms with van der Waals surface area (Å²) in [5.74, 6) is -2.04. The van der Waals surface area contributed by atoms with Crippen molar-refractivity contribution in [3.8, 4) is 0 Å². The number of rotatable bonds is 2. The molecular formula is C9H8ClFO2S. The Labute approximate surface area is 90.1 Å². The van der Waals surface area contributed by atoms with Gasteiger partial charge in [-0.15, -0.1) is 11.8 Å². The van der Waals surface area contributed by atoms with Gasteiger partial charge in [0, 0.05) is 0 Å². The average molecular weight is 235 g/mol. The molecule has 1 aromatic rings. The van der Waals surface area contributed by atoms with Crippen molar-refractivity contribution in [2.45, 2.75) is 11.8 Å². The zero-order valence-corrected chi connectivity index (χ0v) is 9.17. The van der Waals surface area contributed by atoms with Crippen LogP contribution in [0.2, 0.25) is 5.02 Å². The van der Waals surface area contributed by atoms with E-state index in [-0.39, 0.29) is 15.5 Å². The predicted molar refractivity (Wildman–Crippen MR) is 54.9 cm³/mol. The van der Waals surface area contributed by atoms with Gasteiger partial charge < -0.3 is 5.11 Å². The lowest BCUT2D eigenvalue weighted by Gasteiger charge is -2.08. The summed E-state index contributed by atoms with van der Waals surface area (Å²) in [4.78, 5) is 10.8. The van der Waals surface area contributed by atoms with Crippen molar-refractivity contribution in [1.82, 2.24) is 0 Å². The molecule has 1 N–H and O–H groups in total. The molecule has 0 unspecified atom stereocenters. The SMILES string of the molecule is CSc1c(F)c(C(=O)O)cc(C)c1Cl. The second-order valence-electron chi connectivity index (χ2n) is 2.71. The maximum Gasteiger partial charge on any atom is 0.338 e. The number of carbonyl (C=O) groups is 1. The summed E-state index contributed by atoms with van der Waals surface area (Å²) in [6.45, 7) is 1.65. The minimum absolute atomic E-state index is 0.184. The van der Waals surface area contributed by atoms with E-state index in [1.807, 2.05) is 0 Å². The van der Waals surface area contributed by atoms with Crippen LogP contribution in [-0.2, 0) is 0 Å². The zero-order valence-electron chi connectivity index (χ0n) is 7.60. The molecule has 0 aliphatic heterocycles. The molecule has 0 atom stereocenters. The Bertz CT molecular complexity index is 393. The third-order valence-corrected chi connectivity index (χ3v) is 3.17. The fourth-order valence-corrected chi connectivity index (χ4v) is 2.07. The summed E-state index contributed by atoms with van der Waals surface area (Å²) < 4.78 is 13.5. The summed E-state index contributed by atoms with van der Waals surface area (Å²) >= 11 is 6.92. The Hall–Kier alpha value is -0.740. The fraction of sp³-hybridized carbons (Fsp3) is 0.222. The molecule has 0 fully saturated rings. The van der Waals surface area contributed by atoms with Crippen molar-refractivity contribution >= 4 is 29.3 Å². The molecule has 76 valence electrons. The molecule has 14 heavy (non-hydrogen) atoms. The molecule has 0 saturated carbocycles. The summed E-state index contributed by atoms with van der Waals surface area (Å²) in [5, 5.41) is 8.99. The Morgan fingerprint density at radius 2 is 2.21 bits per heavy atom. The van der Waals surface area contributed by atoms with Gasteiger partial charge in [0.1, 0.15) is 0 Å². The molecule has 0 aliphatic carbocycles. The van der Waals surface area contributed by atoms with Gasteiger partial charge in [-0.05, 0) is 24.8 Å². The Balaban J connectivity index is 3.50. The first kappa shape index (κ1) is 11.3. The van der Waals surface area contributed by atoms with Crippen LogP contribution in [0.25, 0.3) is 0 Å². The molecule has 0 saturated heterocycles. The fourth-order valence-electron chi connectivity index (χ4n) is 1.08. The van der Waals surface area contributed by atoms with Crippen LogP contribution in [0.5, 0.6) is 0 Å². The van der Waals surface area contributed by atoms with Crippen LogP contribution in [0.4, 0.5) is 4.39 Å². The molecule has 1 rings (SSSR count). The number of hydrogen-bond acceptors (Lipinski definition) is 2. The molecule has 5 heteroatoms. The van der Waals surface area contributed by atoms with Gasteiger partial charge >= 0.3 is 5.97 Å². The van der Waals surface area contributed by atoms with E-state index < -0.39 is 11.8 Å². The van der Waals surface area contributed by atoms with Gasteiger partial charge in [-0.1, -0.05) is 11.6 Å². The lowest BCUT2D eigenvalue weighted by atomic mass is 10.1. The van der Waals surface area contributed by atoms with Crippen molar-refractivity contribution in [2.24, 2.45) is 0 Å². The Morgan fingerprint density at radius 1 is 1.64 bits per heavy atom. The van der Waals surface area contributed by atoms with Crippen LogP contribution < -0.4 is 0 Å². The highest BCUT2D eigenvalue weighted by atomic mass is 35.5. The normalized spacial score (nSPS) is 10.3. The van der Waals surface area contributed by atoms with E-state index in [4.69, 9.17) is 16.7 Å². The molecule has 0 amide bonds.